The molecule has 0 aliphatic carbocycles. The van der Waals surface area contributed by atoms with Gasteiger partial charge in [0.2, 0.25) is 0 Å². The quantitative estimate of drug-likeness (QED) is 0.752. The highest BCUT2D eigenvalue weighted by molar-refractivity contribution is 5.85. The van der Waals surface area contributed by atoms with Crippen molar-refractivity contribution in [1.29, 1.82) is 5.26 Å². The van der Waals surface area contributed by atoms with Gasteiger partial charge in [0.15, 0.2) is 5.65 Å². The number of hydrogen-bond acceptors (Lipinski definition) is 4. The van der Waals surface area contributed by atoms with Crippen molar-refractivity contribution in [3.05, 3.63) is 41.5 Å². The number of rotatable bonds is 5. The molecule has 24 heavy (non-hydrogen) atoms. The molecule has 2 N–H and O–H groups in total. The van der Waals surface area contributed by atoms with E-state index in [-0.39, 0.29) is 0 Å². The van der Waals surface area contributed by atoms with Gasteiger partial charge in [0.25, 0.3) is 0 Å². The van der Waals surface area contributed by atoms with Gasteiger partial charge in [0.05, 0.1) is 22.2 Å². The standard InChI is InChI=1S/C19H22N4O/c1-4-19(24,5-2)12-21-17-10-13(3)14(11-20)18-22-15-8-6-7-9-16(15)23(17)18/h6-10,21,24H,4-5,12H2,1-3H3. The summed E-state index contributed by atoms with van der Waals surface area (Å²) in [6.45, 7) is 6.33. The minimum absolute atomic E-state index is 0.451. The second-order valence-electron chi connectivity index (χ2n) is 6.24. The first-order valence-corrected chi connectivity index (χ1v) is 8.30. The first-order valence-electron chi connectivity index (χ1n) is 8.30. The van der Waals surface area contributed by atoms with Crippen LogP contribution >= 0.6 is 0 Å². The second-order valence-corrected chi connectivity index (χ2v) is 6.24. The van der Waals surface area contributed by atoms with Crippen LogP contribution in [0.5, 0.6) is 0 Å². The Kier molecular flexibility index (Phi) is 4.16. The van der Waals surface area contributed by atoms with E-state index < -0.39 is 5.60 Å². The van der Waals surface area contributed by atoms with Crippen molar-refractivity contribution >= 4 is 22.5 Å². The third-order valence-electron chi connectivity index (χ3n) is 4.80. The van der Waals surface area contributed by atoms with E-state index >= 15 is 0 Å². The summed E-state index contributed by atoms with van der Waals surface area (Å²) in [5.41, 5.74) is 3.16. The van der Waals surface area contributed by atoms with Crippen molar-refractivity contribution in [2.45, 2.75) is 39.2 Å². The van der Waals surface area contributed by atoms with Gasteiger partial charge in [-0.1, -0.05) is 26.0 Å². The Labute approximate surface area is 141 Å². The van der Waals surface area contributed by atoms with Gasteiger partial charge in [-0.3, -0.25) is 4.40 Å². The molecule has 5 nitrogen and oxygen atoms in total. The highest BCUT2D eigenvalue weighted by atomic mass is 16.3. The minimum Gasteiger partial charge on any atom is -0.388 e. The molecule has 0 unspecified atom stereocenters. The van der Waals surface area contributed by atoms with E-state index in [0.29, 0.717) is 30.6 Å². The Bertz CT molecular complexity index is 932. The Hall–Kier alpha value is -2.58. The minimum atomic E-state index is -0.746. The predicted octanol–water partition coefficient (Wildman–Crippen LogP) is 3.63. The number of fused-ring (bicyclic) bond motifs is 3. The largest absolute Gasteiger partial charge is 0.388 e. The highest BCUT2D eigenvalue weighted by Crippen LogP contribution is 2.27. The summed E-state index contributed by atoms with van der Waals surface area (Å²) in [4.78, 5) is 4.63. The molecular weight excluding hydrogens is 300 g/mol. The fraction of sp³-hybridized carbons (Fsp3) is 0.368. The fourth-order valence-electron chi connectivity index (χ4n) is 2.98. The number of para-hydroxylation sites is 2. The molecule has 2 aromatic heterocycles. The lowest BCUT2D eigenvalue weighted by Gasteiger charge is -2.26. The Morgan fingerprint density at radius 2 is 2.00 bits per heavy atom. The van der Waals surface area contributed by atoms with Gasteiger partial charge in [-0.05, 0) is 43.5 Å². The van der Waals surface area contributed by atoms with Gasteiger partial charge in [0, 0.05) is 6.54 Å². The van der Waals surface area contributed by atoms with Crippen LogP contribution in [0.2, 0.25) is 0 Å². The van der Waals surface area contributed by atoms with Crippen LogP contribution in [0.15, 0.2) is 30.3 Å². The van der Waals surface area contributed by atoms with Crippen molar-refractivity contribution in [2.24, 2.45) is 0 Å². The van der Waals surface area contributed by atoms with Crippen molar-refractivity contribution in [3.63, 3.8) is 0 Å². The molecule has 124 valence electrons. The SMILES string of the molecule is CCC(O)(CC)CNc1cc(C)c(C#N)c2nc3ccccc3n12. The van der Waals surface area contributed by atoms with Crippen LogP contribution in [0.25, 0.3) is 16.7 Å². The molecule has 0 fully saturated rings. The van der Waals surface area contributed by atoms with Gasteiger partial charge in [-0.15, -0.1) is 0 Å². The number of aromatic nitrogens is 2. The summed E-state index contributed by atoms with van der Waals surface area (Å²) in [5.74, 6) is 0.843. The number of nitrogens with one attached hydrogen (secondary N) is 1. The molecule has 1 aromatic carbocycles. The van der Waals surface area contributed by atoms with Crippen molar-refractivity contribution < 1.29 is 5.11 Å². The van der Waals surface area contributed by atoms with Crippen LogP contribution in [0, 0.1) is 18.3 Å². The number of nitriles is 1. The number of benzene rings is 1. The Morgan fingerprint density at radius 1 is 1.29 bits per heavy atom. The lowest BCUT2D eigenvalue weighted by atomic mass is 9.97. The molecule has 2 heterocycles. The molecule has 0 spiro atoms. The molecule has 0 saturated heterocycles. The lowest BCUT2D eigenvalue weighted by Crippen LogP contribution is -2.35. The number of aryl methyl sites for hydroxylation is 1. The summed E-state index contributed by atoms with van der Waals surface area (Å²) < 4.78 is 1.96. The third kappa shape index (κ3) is 2.59. The van der Waals surface area contributed by atoms with E-state index in [4.69, 9.17) is 0 Å². The number of pyridine rings is 1. The van der Waals surface area contributed by atoms with E-state index in [0.717, 1.165) is 22.4 Å². The monoisotopic (exact) mass is 322 g/mol. The zero-order valence-electron chi connectivity index (χ0n) is 14.3. The molecule has 0 radical (unpaired) electrons. The van der Waals surface area contributed by atoms with Gasteiger partial charge in [-0.2, -0.15) is 5.26 Å². The Morgan fingerprint density at radius 3 is 2.67 bits per heavy atom. The summed E-state index contributed by atoms with van der Waals surface area (Å²) in [5, 5.41) is 23.4. The summed E-state index contributed by atoms with van der Waals surface area (Å²) in [6.07, 6.45) is 1.36. The van der Waals surface area contributed by atoms with E-state index in [9.17, 15) is 10.4 Å². The maximum Gasteiger partial charge on any atom is 0.157 e. The maximum absolute atomic E-state index is 10.6. The first-order chi connectivity index (χ1) is 11.5. The van der Waals surface area contributed by atoms with E-state index in [1.807, 2.05) is 55.5 Å². The molecule has 3 aromatic rings. The topological polar surface area (TPSA) is 73.3 Å². The van der Waals surface area contributed by atoms with Gasteiger partial charge in [0.1, 0.15) is 11.9 Å². The van der Waals surface area contributed by atoms with E-state index in [1.54, 1.807) is 0 Å². The summed E-state index contributed by atoms with van der Waals surface area (Å²) in [7, 11) is 0. The number of aliphatic hydroxyl groups is 1. The van der Waals surface area contributed by atoms with Crippen LogP contribution in [-0.2, 0) is 0 Å². The number of imidazole rings is 1. The smallest absolute Gasteiger partial charge is 0.157 e. The van der Waals surface area contributed by atoms with Gasteiger partial charge >= 0.3 is 0 Å². The summed E-state index contributed by atoms with van der Waals surface area (Å²) in [6, 6.07) is 12.0. The molecule has 0 bridgehead atoms. The lowest BCUT2D eigenvalue weighted by molar-refractivity contribution is 0.0456. The van der Waals surface area contributed by atoms with Crippen LogP contribution in [0.1, 0.15) is 37.8 Å². The second kappa shape index (κ2) is 6.14. The van der Waals surface area contributed by atoms with Crippen LogP contribution in [0.3, 0.4) is 0 Å². The molecule has 0 atom stereocenters. The third-order valence-corrected chi connectivity index (χ3v) is 4.80. The van der Waals surface area contributed by atoms with Gasteiger partial charge < -0.3 is 10.4 Å². The highest BCUT2D eigenvalue weighted by Gasteiger charge is 2.23. The Balaban J connectivity index is 2.19. The van der Waals surface area contributed by atoms with Gasteiger partial charge in [-0.25, -0.2) is 4.98 Å². The zero-order chi connectivity index (χ0) is 17.3. The summed E-state index contributed by atoms with van der Waals surface area (Å²) >= 11 is 0. The molecule has 0 amide bonds. The molecule has 0 saturated carbocycles. The van der Waals surface area contributed by atoms with Crippen LogP contribution in [0.4, 0.5) is 5.82 Å². The predicted molar refractivity (Wildman–Crippen MR) is 96.2 cm³/mol. The van der Waals surface area contributed by atoms with Crippen molar-refractivity contribution in [1.82, 2.24) is 9.38 Å². The van der Waals surface area contributed by atoms with Crippen molar-refractivity contribution in [2.75, 3.05) is 11.9 Å². The van der Waals surface area contributed by atoms with Crippen LogP contribution in [-0.4, -0.2) is 26.6 Å². The number of nitrogens with zero attached hydrogens (tertiary/aromatic N) is 3. The van der Waals surface area contributed by atoms with E-state index in [1.165, 1.54) is 0 Å². The first kappa shape index (κ1) is 16.3. The van der Waals surface area contributed by atoms with Crippen LogP contribution < -0.4 is 5.32 Å². The molecule has 5 heteroatoms. The van der Waals surface area contributed by atoms with E-state index in [2.05, 4.69) is 16.4 Å². The number of anilines is 1. The fourth-order valence-corrected chi connectivity index (χ4v) is 2.98. The molecule has 3 rings (SSSR count). The average molecular weight is 322 g/mol. The normalized spacial score (nSPS) is 11.8. The van der Waals surface area contributed by atoms with Crippen molar-refractivity contribution in [3.8, 4) is 6.07 Å². The number of hydrogen-bond donors (Lipinski definition) is 2. The maximum atomic E-state index is 10.6. The zero-order valence-corrected chi connectivity index (χ0v) is 14.3. The molecule has 0 aliphatic rings. The average Bonchev–Trinajstić information content (AvgIpc) is 2.98. The molecule has 0 aliphatic heterocycles. The molecular formula is C19H22N4O.